The lowest BCUT2D eigenvalue weighted by atomic mass is 9.84. The number of hydrogen-bond donors (Lipinski definition) is 2. The fraction of sp³-hybridized carbons (Fsp3) is 0.595. The Labute approximate surface area is 331 Å². The van der Waals surface area contributed by atoms with E-state index in [9.17, 15) is 19.2 Å². The van der Waals surface area contributed by atoms with E-state index < -0.39 is 12.1 Å². The Kier molecular flexibility index (Phi) is 14.5. The molecule has 306 valence electrons. The number of carbonyl (C=O) groups excluding carboxylic acids is 4. The molecule has 4 atom stereocenters. The number of nitrogens with one attached hydrogen (secondary N) is 2. The van der Waals surface area contributed by atoms with E-state index in [0.29, 0.717) is 52.1 Å². The van der Waals surface area contributed by atoms with Crippen molar-refractivity contribution in [2.45, 2.75) is 98.1 Å². The van der Waals surface area contributed by atoms with Gasteiger partial charge in [0, 0.05) is 87.1 Å². The molecule has 1 aromatic carbocycles. The number of likely N-dealkylation sites (N-methyl/N-ethyl adjacent to an activating group) is 1. The second-order valence-corrected chi connectivity index (χ2v) is 16.1. The number of rotatable bonds is 18. The number of nitrogens with zero attached hydrogens (tertiary/aromatic N) is 5. The van der Waals surface area contributed by atoms with Crippen LogP contribution in [-0.4, -0.2) is 116 Å². The molecule has 2 fully saturated rings. The van der Waals surface area contributed by atoms with Crippen LogP contribution in [0.15, 0.2) is 36.5 Å². The van der Waals surface area contributed by atoms with Gasteiger partial charge in [0.1, 0.15) is 12.1 Å². The molecule has 14 heteroatoms. The summed E-state index contributed by atoms with van der Waals surface area (Å²) < 4.78 is 19.7. The Morgan fingerprint density at radius 1 is 1.16 bits per heavy atom. The third-order valence-corrected chi connectivity index (χ3v) is 11.0. The predicted molar refractivity (Wildman–Crippen MR) is 216 cm³/mol. The van der Waals surface area contributed by atoms with Crippen LogP contribution in [0.4, 0.5) is 5.69 Å². The molecule has 2 saturated heterocycles. The highest BCUT2D eigenvalue weighted by Crippen LogP contribution is 2.41. The smallest absolute Gasteiger partial charge is 0.293 e. The van der Waals surface area contributed by atoms with Crippen LogP contribution in [0.5, 0.6) is 0 Å². The van der Waals surface area contributed by atoms with Gasteiger partial charge in [-0.3, -0.25) is 29.2 Å². The van der Waals surface area contributed by atoms with Gasteiger partial charge in [0.05, 0.1) is 36.8 Å². The van der Waals surface area contributed by atoms with E-state index in [-0.39, 0.29) is 48.4 Å². The molecule has 3 amide bonds. The molecule has 2 aliphatic rings. The first-order valence-corrected chi connectivity index (χ1v) is 19.9. The number of aryl methyl sites for hydroxylation is 1. The van der Waals surface area contributed by atoms with Crippen molar-refractivity contribution >= 4 is 41.3 Å². The molecular formula is C42H61N7O7. The summed E-state index contributed by atoms with van der Waals surface area (Å²) in [6, 6.07) is 9.01. The highest BCUT2D eigenvalue weighted by atomic mass is 16.5. The summed E-state index contributed by atoms with van der Waals surface area (Å²) in [7, 11) is 3.27. The van der Waals surface area contributed by atoms with E-state index in [1.807, 2.05) is 26.8 Å². The molecule has 0 spiro atoms. The maximum absolute atomic E-state index is 14.0. The van der Waals surface area contributed by atoms with Crippen molar-refractivity contribution in [2.24, 2.45) is 11.3 Å². The molecule has 0 aliphatic carbocycles. The number of fused-ring (bicyclic) bond motifs is 1. The molecule has 14 nitrogen and oxygen atoms in total. The number of ether oxygens (including phenoxy) is 3. The SMILES string of the molecule is CCn1c(-c2cccnc2C(C)OC)c(CC(C)(C)COC=O)c2cc(N3CCOC(CC(NC(=O)C(C(C)C)N(C)C=O)C(=O)N4CCCCN4)C3)ccc21. The fourth-order valence-corrected chi connectivity index (χ4v) is 8.19. The largest absolute Gasteiger partial charge is 0.467 e. The summed E-state index contributed by atoms with van der Waals surface area (Å²) >= 11 is 0. The van der Waals surface area contributed by atoms with E-state index in [1.54, 1.807) is 25.4 Å². The number of benzene rings is 1. The summed E-state index contributed by atoms with van der Waals surface area (Å²) in [5.74, 6) is -0.743. The maximum atomic E-state index is 14.0. The molecule has 5 rings (SSSR count). The third-order valence-electron chi connectivity index (χ3n) is 11.0. The summed E-state index contributed by atoms with van der Waals surface area (Å²) in [6.07, 6.45) is 4.59. The van der Waals surface area contributed by atoms with Crippen molar-refractivity contribution in [3.05, 3.63) is 47.8 Å². The van der Waals surface area contributed by atoms with E-state index in [4.69, 9.17) is 19.2 Å². The van der Waals surface area contributed by atoms with Crippen molar-refractivity contribution < 1.29 is 33.4 Å². The van der Waals surface area contributed by atoms with Gasteiger partial charge in [-0.1, -0.05) is 27.7 Å². The normalized spacial score (nSPS) is 18.1. The Balaban J connectivity index is 1.51. The van der Waals surface area contributed by atoms with Crippen LogP contribution in [-0.2, 0) is 46.4 Å². The average Bonchev–Trinajstić information content (AvgIpc) is 3.50. The van der Waals surface area contributed by atoms with E-state index in [2.05, 4.69) is 65.2 Å². The van der Waals surface area contributed by atoms with E-state index >= 15 is 0 Å². The van der Waals surface area contributed by atoms with Gasteiger partial charge in [-0.25, -0.2) is 5.43 Å². The average molecular weight is 776 g/mol. The Morgan fingerprint density at radius 2 is 1.95 bits per heavy atom. The Bertz CT molecular complexity index is 1820. The zero-order valence-electron chi connectivity index (χ0n) is 34.4. The third kappa shape index (κ3) is 9.70. The van der Waals surface area contributed by atoms with Gasteiger partial charge < -0.3 is 33.9 Å². The molecule has 0 saturated carbocycles. The molecule has 4 heterocycles. The number of hydrogen-bond acceptors (Lipinski definition) is 10. The first kappa shape index (κ1) is 42.6. The maximum Gasteiger partial charge on any atom is 0.293 e. The number of carbonyl (C=O) groups is 4. The number of aromatic nitrogens is 2. The van der Waals surface area contributed by atoms with Crippen LogP contribution in [0.2, 0.25) is 0 Å². The summed E-state index contributed by atoms with van der Waals surface area (Å²) in [5, 5.41) is 5.71. The predicted octanol–water partition coefficient (Wildman–Crippen LogP) is 4.49. The fourth-order valence-electron chi connectivity index (χ4n) is 8.19. The van der Waals surface area contributed by atoms with Crippen LogP contribution >= 0.6 is 0 Å². The van der Waals surface area contributed by atoms with Gasteiger partial charge in [0.25, 0.3) is 12.4 Å². The second kappa shape index (κ2) is 19.1. The van der Waals surface area contributed by atoms with Crippen LogP contribution in [0.3, 0.4) is 0 Å². The molecule has 0 radical (unpaired) electrons. The van der Waals surface area contributed by atoms with Crippen LogP contribution in [0.25, 0.3) is 22.2 Å². The quantitative estimate of drug-likeness (QED) is 0.177. The molecule has 4 unspecified atom stereocenters. The first-order valence-electron chi connectivity index (χ1n) is 19.9. The number of methoxy groups -OCH3 is 1. The lowest BCUT2D eigenvalue weighted by Crippen LogP contribution is -2.59. The van der Waals surface area contributed by atoms with Crippen molar-refractivity contribution in [1.82, 2.24) is 30.2 Å². The van der Waals surface area contributed by atoms with Crippen LogP contribution in [0, 0.1) is 11.3 Å². The monoisotopic (exact) mass is 775 g/mol. The lowest BCUT2D eigenvalue weighted by Gasteiger charge is -2.38. The van der Waals surface area contributed by atoms with Gasteiger partial charge in [-0.05, 0) is 74.9 Å². The number of morpholine rings is 1. The van der Waals surface area contributed by atoms with Crippen molar-refractivity contribution in [3.8, 4) is 11.3 Å². The minimum atomic E-state index is -0.853. The summed E-state index contributed by atoms with van der Waals surface area (Å²) in [5.41, 5.74) is 8.96. The van der Waals surface area contributed by atoms with Crippen molar-refractivity contribution in [2.75, 3.05) is 58.5 Å². The van der Waals surface area contributed by atoms with Gasteiger partial charge >= 0.3 is 0 Å². The van der Waals surface area contributed by atoms with Gasteiger partial charge in [-0.15, -0.1) is 0 Å². The number of hydrazine groups is 1. The van der Waals surface area contributed by atoms with Crippen molar-refractivity contribution in [3.63, 3.8) is 0 Å². The number of pyridine rings is 1. The zero-order chi connectivity index (χ0) is 40.6. The van der Waals surface area contributed by atoms with Gasteiger partial charge in [0.15, 0.2) is 0 Å². The van der Waals surface area contributed by atoms with Crippen molar-refractivity contribution in [1.29, 1.82) is 0 Å². The molecular weight excluding hydrogens is 715 g/mol. The van der Waals surface area contributed by atoms with E-state index in [1.165, 1.54) is 4.90 Å². The second-order valence-electron chi connectivity index (χ2n) is 16.1. The van der Waals surface area contributed by atoms with Crippen LogP contribution < -0.4 is 15.6 Å². The first-order chi connectivity index (χ1) is 26.8. The molecule has 2 aromatic heterocycles. The Morgan fingerprint density at radius 3 is 2.61 bits per heavy atom. The molecule has 0 bridgehead atoms. The topological polar surface area (TPSA) is 148 Å². The standard InChI is InChI=1S/C42H61N7O7/c1-9-48-36-15-14-30(21-33(36)34(23-42(5,6)25-55-27-51)39(48)32-13-12-16-43-37(32)29(4)54-8)47-19-20-56-31(24-47)22-35(41(53)49-18-11-10-17-44-49)45-40(52)38(28(2)3)46(7)26-50/h12-16,21,26-29,31,35,38,44H,9-11,17-20,22-25H2,1-8H3,(H,45,52). The van der Waals surface area contributed by atoms with Gasteiger partial charge in [0.2, 0.25) is 12.3 Å². The van der Waals surface area contributed by atoms with Crippen LogP contribution in [0.1, 0.15) is 78.2 Å². The number of amides is 3. The minimum Gasteiger partial charge on any atom is -0.467 e. The number of anilines is 1. The molecule has 2 N–H and O–H groups in total. The lowest BCUT2D eigenvalue weighted by molar-refractivity contribution is -0.143. The van der Waals surface area contributed by atoms with Gasteiger partial charge in [-0.2, -0.15) is 0 Å². The Hall–Kier alpha value is -4.53. The summed E-state index contributed by atoms with van der Waals surface area (Å²) in [6.45, 7) is 16.4. The highest BCUT2D eigenvalue weighted by molar-refractivity contribution is 5.95. The highest BCUT2D eigenvalue weighted by Gasteiger charge is 2.36. The molecule has 56 heavy (non-hydrogen) atoms. The minimum absolute atomic E-state index is 0.158. The molecule has 2 aliphatic heterocycles. The zero-order valence-corrected chi connectivity index (χ0v) is 34.4. The summed E-state index contributed by atoms with van der Waals surface area (Å²) in [4.78, 5) is 59.0. The van der Waals surface area contributed by atoms with E-state index in [0.717, 1.165) is 58.5 Å². The molecule has 3 aromatic rings.